The molecule has 0 radical (unpaired) electrons. The molecule has 0 aliphatic heterocycles. The summed E-state index contributed by atoms with van der Waals surface area (Å²) in [5.74, 6) is -0.909. The van der Waals surface area contributed by atoms with E-state index in [4.69, 9.17) is 4.74 Å². The van der Waals surface area contributed by atoms with Crippen molar-refractivity contribution in [1.82, 2.24) is 0 Å². The number of hydrogen-bond acceptors (Lipinski definition) is 4. The van der Waals surface area contributed by atoms with Crippen molar-refractivity contribution in [2.45, 2.75) is 43.8 Å². The largest absolute Gasteiger partial charge is 0.466 e. The Hall–Kier alpha value is -1.36. The quantitative estimate of drug-likeness (QED) is 0.802. The third kappa shape index (κ3) is 3.12. The summed E-state index contributed by atoms with van der Waals surface area (Å²) in [4.78, 5) is 12.4. The minimum Gasteiger partial charge on any atom is -0.466 e. The summed E-state index contributed by atoms with van der Waals surface area (Å²) < 4.78 is 30.7. The first-order valence-electron chi connectivity index (χ1n) is 7.35. The highest BCUT2D eigenvalue weighted by Crippen LogP contribution is 2.39. The molecule has 3 unspecified atom stereocenters. The fourth-order valence-corrected chi connectivity index (χ4v) is 5.10. The van der Waals surface area contributed by atoms with Crippen LogP contribution in [0.25, 0.3) is 0 Å². The second kappa shape index (κ2) is 6.18. The molecule has 1 aliphatic carbocycles. The summed E-state index contributed by atoms with van der Waals surface area (Å²) in [5, 5.41) is -0.672. The Morgan fingerprint density at radius 3 is 2.43 bits per heavy atom. The van der Waals surface area contributed by atoms with Crippen LogP contribution >= 0.6 is 0 Å². The van der Waals surface area contributed by atoms with Gasteiger partial charge in [-0.15, -0.1) is 0 Å². The van der Waals surface area contributed by atoms with Crippen LogP contribution in [0.1, 0.15) is 32.3 Å². The van der Waals surface area contributed by atoms with Crippen LogP contribution in [0.4, 0.5) is 0 Å². The molecule has 0 amide bonds. The minimum absolute atomic E-state index is 0.0364. The fraction of sp³-hybridized carbons (Fsp3) is 0.562. The van der Waals surface area contributed by atoms with Crippen molar-refractivity contribution >= 4 is 15.8 Å². The van der Waals surface area contributed by atoms with Gasteiger partial charge in [0.15, 0.2) is 9.84 Å². The van der Waals surface area contributed by atoms with E-state index >= 15 is 0 Å². The Morgan fingerprint density at radius 2 is 1.86 bits per heavy atom. The smallest absolute Gasteiger partial charge is 0.310 e. The summed E-state index contributed by atoms with van der Waals surface area (Å²) >= 11 is 0. The summed E-state index contributed by atoms with van der Waals surface area (Å²) in [6.45, 7) is 5.85. The van der Waals surface area contributed by atoms with Gasteiger partial charge in [0.2, 0.25) is 0 Å². The number of carbonyl (C=O) groups is 1. The van der Waals surface area contributed by atoms with Gasteiger partial charge in [-0.05, 0) is 44.7 Å². The van der Waals surface area contributed by atoms with E-state index in [-0.39, 0.29) is 18.5 Å². The van der Waals surface area contributed by atoms with Crippen LogP contribution in [0.3, 0.4) is 0 Å². The zero-order valence-electron chi connectivity index (χ0n) is 12.7. The maximum absolute atomic E-state index is 12.8. The van der Waals surface area contributed by atoms with Crippen molar-refractivity contribution in [3.63, 3.8) is 0 Å². The maximum atomic E-state index is 12.8. The molecule has 0 N–H and O–H groups in total. The second-order valence-corrected chi connectivity index (χ2v) is 7.90. The average molecular weight is 310 g/mol. The molecule has 0 bridgehead atoms. The average Bonchev–Trinajstić information content (AvgIpc) is 2.82. The van der Waals surface area contributed by atoms with Gasteiger partial charge in [-0.3, -0.25) is 4.79 Å². The van der Waals surface area contributed by atoms with Gasteiger partial charge in [-0.2, -0.15) is 0 Å². The number of ether oxygens (including phenoxy) is 1. The number of esters is 1. The highest BCUT2D eigenvalue weighted by Gasteiger charge is 2.46. The number of hydrogen-bond donors (Lipinski definition) is 0. The molecule has 0 heterocycles. The van der Waals surface area contributed by atoms with Crippen LogP contribution in [-0.2, 0) is 19.4 Å². The van der Waals surface area contributed by atoms with Crippen LogP contribution in [0.5, 0.6) is 0 Å². The Kier molecular flexibility index (Phi) is 4.71. The van der Waals surface area contributed by atoms with Crippen LogP contribution in [0.15, 0.2) is 29.2 Å². The Balaban J connectivity index is 2.34. The third-order valence-corrected chi connectivity index (χ3v) is 6.48. The summed E-state index contributed by atoms with van der Waals surface area (Å²) in [7, 11) is -3.50. The zero-order valence-corrected chi connectivity index (χ0v) is 13.5. The monoisotopic (exact) mass is 310 g/mol. The SMILES string of the molecule is CCOC(=O)C1C(C)CCC1S(=O)(=O)c1ccc(C)cc1. The molecule has 0 spiro atoms. The molecule has 0 aromatic heterocycles. The normalized spacial score (nSPS) is 25.8. The van der Waals surface area contributed by atoms with Gasteiger partial charge in [0.05, 0.1) is 22.7 Å². The molecule has 21 heavy (non-hydrogen) atoms. The topological polar surface area (TPSA) is 60.4 Å². The molecule has 1 aromatic carbocycles. The van der Waals surface area contributed by atoms with Crippen LogP contribution < -0.4 is 0 Å². The van der Waals surface area contributed by atoms with E-state index in [9.17, 15) is 13.2 Å². The summed E-state index contributed by atoms with van der Waals surface area (Å²) in [6.07, 6.45) is 1.25. The Morgan fingerprint density at radius 1 is 1.24 bits per heavy atom. The lowest BCUT2D eigenvalue weighted by atomic mass is 9.98. The van der Waals surface area contributed by atoms with Crippen molar-refractivity contribution in [2.24, 2.45) is 11.8 Å². The minimum atomic E-state index is -3.50. The van der Waals surface area contributed by atoms with E-state index in [2.05, 4.69) is 0 Å². The maximum Gasteiger partial charge on any atom is 0.310 e. The molecule has 1 fully saturated rings. The molecule has 0 saturated heterocycles. The molecule has 2 rings (SSSR count). The van der Waals surface area contributed by atoms with Crippen molar-refractivity contribution in [1.29, 1.82) is 0 Å². The lowest BCUT2D eigenvalue weighted by Crippen LogP contribution is -2.34. The first kappa shape index (κ1) is 16.0. The molecule has 4 nitrogen and oxygen atoms in total. The van der Waals surface area contributed by atoms with E-state index in [0.29, 0.717) is 11.3 Å². The van der Waals surface area contributed by atoms with Crippen molar-refractivity contribution in [2.75, 3.05) is 6.61 Å². The number of benzene rings is 1. The first-order valence-corrected chi connectivity index (χ1v) is 8.89. The van der Waals surface area contributed by atoms with Gasteiger partial charge in [0, 0.05) is 0 Å². The van der Waals surface area contributed by atoms with E-state index < -0.39 is 21.0 Å². The molecule has 116 valence electrons. The van der Waals surface area contributed by atoms with E-state index in [1.165, 1.54) is 0 Å². The standard InChI is InChI=1S/C16H22O4S/c1-4-20-16(17)15-12(3)7-10-14(15)21(18,19)13-8-5-11(2)6-9-13/h5-6,8-9,12,14-15H,4,7,10H2,1-3H3. The van der Waals surface area contributed by atoms with E-state index in [1.54, 1.807) is 31.2 Å². The molecule has 1 aromatic rings. The lowest BCUT2D eigenvalue weighted by molar-refractivity contribution is -0.148. The molecule has 3 atom stereocenters. The van der Waals surface area contributed by atoms with Gasteiger partial charge in [-0.25, -0.2) is 8.42 Å². The van der Waals surface area contributed by atoms with Crippen molar-refractivity contribution < 1.29 is 17.9 Å². The predicted octanol–water partition coefficient (Wildman–Crippen LogP) is 2.75. The van der Waals surface area contributed by atoms with Crippen molar-refractivity contribution in [3.8, 4) is 0 Å². The summed E-state index contributed by atoms with van der Waals surface area (Å²) in [5.41, 5.74) is 1.01. The van der Waals surface area contributed by atoms with Gasteiger partial charge in [0.25, 0.3) is 0 Å². The number of aryl methyl sites for hydroxylation is 1. The van der Waals surface area contributed by atoms with Gasteiger partial charge >= 0.3 is 5.97 Å². The van der Waals surface area contributed by atoms with Crippen molar-refractivity contribution in [3.05, 3.63) is 29.8 Å². The highest BCUT2D eigenvalue weighted by atomic mass is 32.2. The second-order valence-electron chi connectivity index (χ2n) is 5.73. The van der Waals surface area contributed by atoms with Crippen LogP contribution in [-0.4, -0.2) is 26.2 Å². The van der Waals surface area contributed by atoms with E-state index in [1.807, 2.05) is 13.8 Å². The third-order valence-electron chi connectivity index (χ3n) is 4.23. The highest BCUT2D eigenvalue weighted by molar-refractivity contribution is 7.92. The molecular weight excluding hydrogens is 288 g/mol. The fourth-order valence-electron chi connectivity index (χ4n) is 3.03. The van der Waals surface area contributed by atoms with E-state index in [0.717, 1.165) is 12.0 Å². The zero-order chi connectivity index (χ0) is 15.6. The summed E-state index contributed by atoms with van der Waals surface area (Å²) in [6, 6.07) is 6.81. The molecule has 1 aliphatic rings. The number of rotatable bonds is 4. The van der Waals surface area contributed by atoms with Gasteiger partial charge in [-0.1, -0.05) is 24.6 Å². The van der Waals surface area contributed by atoms with Gasteiger partial charge < -0.3 is 4.74 Å². The Labute approximate surface area is 126 Å². The lowest BCUT2D eigenvalue weighted by Gasteiger charge is -2.21. The number of carbonyl (C=O) groups excluding carboxylic acids is 1. The predicted molar refractivity (Wildman–Crippen MR) is 80.7 cm³/mol. The Bertz CT molecular complexity index is 604. The van der Waals surface area contributed by atoms with Crippen LogP contribution in [0, 0.1) is 18.8 Å². The molecule has 1 saturated carbocycles. The number of sulfone groups is 1. The van der Waals surface area contributed by atoms with Gasteiger partial charge in [0.1, 0.15) is 0 Å². The van der Waals surface area contributed by atoms with Crippen LogP contribution in [0.2, 0.25) is 0 Å². The molecular formula is C16H22O4S. The molecule has 5 heteroatoms. The first-order chi connectivity index (χ1) is 9.87.